The van der Waals surface area contributed by atoms with E-state index in [1.165, 1.54) is 5.57 Å². The molecule has 32 heavy (non-hydrogen) atoms. The number of allylic oxidation sites excluding steroid dienone is 3. The molecule has 0 bridgehead atoms. The normalized spacial score (nSPS) is 18.0. The molecule has 2 aromatic rings. The van der Waals surface area contributed by atoms with Gasteiger partial charge in [-0.15, -0.1) is 0 Å². The zero-order chi connectivity index (χ0) is 22.5. The molecule has 1 aromatic heterocycles. The van der Waals surface area contributed by atoms with E-state index in [4.69, 9.17) is 4.74 Å². The van der Waals surface area contributed by atoms with E-state index in [-0.39, 0.29) is 20.0 Å². The molecule has 1 saturated heterocycles. The number of hydrogen-bond acceptors (Lipinski definition) is 3. The molecule has 1 atom stereocenters. The highest BCUT2D eigenvalue weighted by molar-refractivity contribution is 5.88. The maximum Gasteiger partial charge on any atom is 0.251 e. The molecular formula is C26H37F2N3O. The molecule has 0 amide bonds. The Hall–Kier alpha value is -2.44. The summed E-state index contributed by atoms with van der Waals surface area (Å²) in [6, 6.07) is 4.11. The van der Waals surface area contributed by atoms with Gasteiger partial charge in [0, 0.05) is 54.9 Å². The number of nitrogens with one attached hydrogen (secondary N) is 1. The van der Waals surface area contributed by atoms with Crippen molar-refractivity contribution >= 4 is 10.9 Å². The van der Waals surface area contributed by atoms with E-state index in [2.05, 4.69) is 47.7 Å². The van der Waals surface area contributed by atoms with Crippen molar-refractivity contribution in [3.05, 3.63) is 65.4 Å². The van der Waals surface area contributed by atoms with Crippen LogP contribution in [0, 0.1) is 6.92 Å². The van der Waals surface area contributed by atoms with Gasteiger partial charge in [-0.3, -0.25) is 9.80 Å². The van der Waals surface area contributed by atoms with E-state index in [1.807, 2.05) is 31.0 Å². The predicted octanol–water partition coefficient (Wildman–Crippen LogP) is 5.95. The second-order valence-corrected chi connectivity index (χ2v) is 8.39. The largest absolute Gasteiger partial charge is 0.496 e. The number of fused-ring (bicyclic) bond motifs is 1. The minimum Gasteiger partial charge on any atom is -0.496 e. The number of rotatable bonds is 8. The zero-order valence-electron chi connectivity index (χ0n) is 18.9. The lowest BCUT2D eigenvalue weighted by Gasteiger charge is -2.42. The molecule has 1 fully saturated rings. The second kappa shape index (κ2) is 11.4. The minimum absolute atomic E-state index is 0. The molecule has 0 radical (unpaired) electrons. The summed E-state index contributed by atoms with van der Waals surface area (Å²) < 4.78 is 31.9. The van der Waals surface area contributed by atoms with Crippen molar-refractivity contribution in [3.8, 4) is 5.75 Å². The Bertz CT molecular complexity index is 973. The summed E-state index contributed by atoms with van der Waals surface area (Å²) in [5.41, 5.74) is 5.57. The van der Waals surface area contributed by atoms with Gasteiger partial charge in [-0.1, -0.05) is 37.8 Å². The van der Waals surface area contributed by atoms with Crippen LogP contribution in [0.3, 0.4) is 0 Å². The number of aromatic nitrogens is 1. The Morgan fingerprint density at radius 1 is 1.31 bits per heavy atom. The van der Waals surface area contributed by atoms with Crippen molar-refractivity contribution in [2.75, 3.05) is 33.3 Å². The van der Waals surface area contributed by atoms with Crippen molar-refractivity contribution in [3.63, 3.8) is 0 Å². The van der Waals surface area contributed by atoms with Gasteiger partial charge in [0.1, 0.15) is 5.75 Å². The molecule has 1 aromatic carbocycles. The first-order valence-electron chi connectivity index (χ1n) is 10.7. The van der Waals surface area contributed by atoms with E-state index >= 15 is 0 Å². The second-order valence-electron chi connectivity index (χ2n) is 8.39. The Morgan fingerprint density at radius 2 is 2.06 bits per heavy atom. The first-order chi connectivity index (χ1) is 14.8. The number of halogens is 2. The molecule has 2 heterocycles. The van der Waals surface area contributed by atoms with Gasteiger partial charge in [-0.2, -0.15) is 0 Å². The topological polar surface area (TPSA) is 31.5 Å². The fourth-order valence-corrected chi connectivity index (χ4v) is 4.31. The van der Waals surface area contributed by atoms with Crippen LogP contribution < -0.4 is 4.74 Å². The monoisotopic (exact) mass is 445 g/mol. The van der Waals surface area contributed by atoms with Gasteiger partial charge in [0.2, 0.25) is 0 Å². The molecule has 6 heteroatoms. The summed E-state index contributed by atoms with van der Waals surface area (Å²) in [7, 11) is 1.69. The number of piperazine rings is 1. The average molecular weight is 446 g/mol. The number of benzene rings is 1. The van der Waals surface area contributed by atoms with Crippen LogP contribution in [0.4, 0.5) is 8.78 Å². The number of alkyl halides is 2. The third-order valence-electron chi connectivity index (χ3n) is 5.89. The summed E-state index contributed by atoms with van der Waals surface area (Å²) >= 11 is 0. The summed E-state index contributed by atoms with van der Waals surface area (Å²) in [6.07, 6.45) is 5.57. The van der Waals surface area contributed by atoms with Gasteiger partial charge in [-0.25, -0.2) is 8.78 Å². The highest BCUT2D eigenvalue weighted by Crippen LogP contribution is 2.33. The SMILES string of the molecule is C.C=C/C(=C\C=C(C)C)C1CN(CC(F)F)CCN1Cc1c(OC)cc(C)c2[nH]ccc12. The third-order valence-corrected chi connectivity index (χ3v) is 5.89. The first kappa shape index (κ1) is 25.8. The van der Waals surface area contributed by atoms with Crippen molar-refractivity contribution < 1.29 is 13.5 Å². The van der Waals surface area contributed by atoms with Gasteiger partial charge >= 0.3 is 0 Å². The standard InChI is InChI=1S/C25H33F2N3O.CH4/c1-6-19(8-7-17(2)3)22-15-29(16-24(26)27)11-12-30(22)14-21-20-9-10-28-25(20)18(4)13-23(21)31-5;/h6-10,13,22,24,28H,1,11-12,14-16H2,2-5H3;1H4/b19-8+;. The smallest absolute Gasteiger partial charge is 0.251 e. The van der Waals surface area contributed by atoms with Crippen molar-refractivity contribution in [1.82, 2.24) is 14.8 Å². The highest BCUT2D eigenvalue weighted by Gasteiger charge is 2.31. The van der Waals surface area contributed by atoms with Gasteiger partial charge in [0.15, 0.2) is 0 Å². The summed E-state index contributed by atoms with van der Waals surface area (Å²) in [4.78, 5) is 7.53. The molecule has 1 aliphatic heterocycles. The van der Waals surface area contributed by atoms with Crippen LogP contribution >= 0.6 is 0 Å². The van der Waals surface area contributed by atoms with Crippen LogP contribution in [-0.4, -0.2) is 60.5 Å². The van der Waals surface area contributed by atoms with Crippen LogP contribution in [0.2, 0.25) is 0 Å². The first-order valence-corrected chi connectivity index (χ1v) is 10.7. The Balaban J connectivity index is 0.00000363. The maximum atomic E-state index is 13.1. The molecular weight excluding hydrogens is 408 g/mol. The van der Waals surface area contributed by atoms with Gasteiger partial charge in [0.25, 0.3) is 6.43 Å². The van der Waals surface area contributed by atoms with Crippen molar-refractivity contribution in [2.45, 2.75) is 47.2 Å². The number of aromatic amines is 1. The van der Waals surface area contributed by atoms with Gasteiger partial charge < -0.3 is 9.72 Å². The van der Waals surface area contributed by atoms with E-state index in [1.54, 1.807) is 7.11 Å². The predicted molar refractivity (Wildman–Crippen MR) is 131 cm³/mol. The molecule has 4 nitrogen and oxygen atoms in total. The molecule has 0 spiro atoms. The lowest BCUT2D eigenvalue weighted by Crippen LogP contribution is -2.54. The number of ether oxygens (including phenoxy) is 1. The van der Waals surface area contributed by atoms with Crippen LogP contribution in [0.1, 0.15) is 32.4 Å². The lowest BCUT2D eigenvalue weighted by atomic mass is 9.98. The molecule has 176 valence electrons. The van der Waals surface area contributed by atoms with Crippen molar-refractivity contribution in [1.29, 1.82) is 0 Å². The van der Waals surface area contributed by atoms with Crippen LogP contribution in [0.25, 0.3) is 10.9 Å². The fourth-order valence-electron chi connectivity index (χ4n) is 4.31. The van der Waals surface area contributed by atoms with Gasteiger partial charge in [0.05, 0.1) is 13.7 Å². The number of methoxy groups -OCH3 is 1. The Labute approximate surface area is 191 Å². The number of aryl methyl sites for hydroxylation is 1. The highest BCUT2D eigenvalue weighted by atomic mass is 19.3. The summed E-state index contributed by atoms with van der Waals surface area (Å²) in [6.45, 7) is 12.5. The molecule has 1 N–H and O–H groups in total. The van der Waals surface area contributed by atoms with Crippen LogP contribution in [0.15, 0.2) is 54.3 Å². The lowest BCUT2D eigenvalue weighted by molar-refractivity contribution is 0.0358. The molecule has 0 saturated carbocycles. The van der Waals surface area contributed by atoms with E-state index in [0.717, 1.165) is 33.4 Å². The Kier molecular flexibility index (Phi) is 9.22. The Morgan fingerprint density at radius 3 is 2.69 bits per heavy atom. The maximum absolute atomic E-state index is 13.1. The number of nitrogens with zero attached hydrogens (tertiary/aromatic N) is 2. The molecule has 0 aliphatic carbocycles. The van der Waals surface area contributed by atoms with Gasteiger partial charge in [-0.05, 0) is 44.0 Å². The third kappa shape index (κ3) is 5.87. The van der Waals surface area contributed by atoms with E-state index in [0.29, 0.717) is 26.2 Å². The fraction of sp³-hybridized carbons (Fsp3) is 0.462. The minimum atomic E-state index is -2.34. The molecule has 3 rings (SSSR count). The van der Waals surface area contributed by atoms with E-state index < -0.39 is 6.43 Å². The zero-order valence-corrected chi connectivity index (χ0v) is 18.9. The summed E-state index contributed by atoms with van der Waals surface area (Å²) in [5.74, 6) is 0.854. The van der Waals surface area contributed by atoms with Crippen molar-refractivity contribution in [2.24, 2.45) is 0 Å². The quantitative estimate of drug-likeness (QED) is 0.510. The van der Waals surface area contributed by atoms with E-state index in [9.17, 15) is 8.78 Å². The van der Waals surface area contributed by atoms with Crippen LogP contribution in [0.5, 0.6) is 5.75 Å². The number of H-pyrrole nitrogens is 1. The van der Waals surface area contributed by atoms with Crippen LogP contribution in [-0.2, 0) is 6.54 Å². The average Bonchev–Trinajstić information content (AvgIpc) is 3.21. The summed E-state index contributed by atoms with van der Waals surface area (Å²) in [5, 5.41) is 1.14. The molecule has 1 unspecified atom stereocenters. The molecule has 1 aliphatic rings. The number of hydrogen-bond donors (Lipinski definition) is 1.